The number of hydrogen-bond acceptors (Lipinski definition) is 2. The minimum absolute atomic E-state index is 0.0390. The molecule has 5 heteroatoms. The van der Waals surface area contributed by atoms with Crippen molar-refractivity contribution in [3.63, 3.8) is 0 Å². The Balaban J connectivity index is 1.62. The van der Waals surface area contributed by atoms with Gasteiger partial charge in [-0.3, -0.25) is 9.59 Å². The van der Waals surface area contributed by atoms with E-state index in [1.807, 2.05) is 72.8 Å². The highest BCUT2D eigenvalue weighted by molar-refractivity contribution is 6.31. The Morgan fingerprint density at radius 2 is 1.54 bits per heavy atom. The van der Waals surface area contributed by atoms with Crippen molar-refractivity contribution in [2.24, 2.45) is 0 Å². The monoisotopic (exact) mass is 516 g/mol. The number of nitrogens with zero attached hydrogens (tertiary/aromatic N) is 1. The number of halogens is 1. The lowest BCUT2D eigenvalue weighted by atomic mass is 9.94. The summed E-state index contributed by atoms with van der Waals surface area (Å²) in [5.41, 5.74) is 4.15. The molecule has 1 aliphatic carbocycles. The Bertz CT molecular complexity index is 1170. The van der Waals surface area contributed by atoms with Crippen molar-refractivity contribution in [2.45, 2.75) is 76.9 Å². The summed E-state index contributed by atoms with van der Waals surface area (Å²) in [6, 6.07) is 25.3. The second kappa shape index (κ2) is 13.4. The van der Waals surface area contributed by atoms with Crippen LogP contribution in [-0.2, 0) is 29.0 Å². The van der Waals surface area contributed by atoms with Gasteiger partial charge in [-0.05, 0) is 54.5 Å². The van der Waals surface area contributed by atoms with Crippen LogP contribution in [0.3, 0.4) is 0 Å². The fourth-order valence-corrected chi connectivity index (χ4v) is 5.39. The molecule has 1 saturated carbocycles. The van der Waals surface area contributed by atoms with Gasteiger partial charge in [-0.25, -0.2) is 0 Å². The standard InChI is InChI=1S/C32H37ClN2O2/c1-24-12-8-9-16-27(24)23-35(31(36)21-20-26-15-10-11-19-29(26)33)30(22-25-13-4-2-5-14-25)32(37)34-28-17-6-3-7-18-28/h2,4-5,8-16,19,28,30H,3,6-7,17-18,20-23H2,1H3,(H,34,37). The van der Waals surface area contributed by atoms with E-state index in [0.29, 0.717) is 24.4 Å². The first-order valence-electron chi connectivity index (χ1n) is 13.4. The molecule has 0 radical (unpaired) electrons. The molecule has 1 unspecified atom stereocenters. The molecule has 0 aliphatic heterocycles. The van der Waals surface area contributed by atoms with Crippen LogP contribution in [0.1, 0.15) is 60.8 Å². The van der Waals surface area contributed by atoms with E-state index in [4.69, 9.17) is 11.6 Å². The SMILES string of the molecule is Cc1ccccc1CN(C(=O)CCc1ccccc1Cl)C(Cc1ccccc1)C(=O)NC1CCCCC1. The Kier molecular flexibility index (Phi) is 9.78. The van der Waals surface area contributed by atoms with Gasteiger partial charge in [-0.15, -0.1) is 0 Å². The van der Waals surface area contributed by atoms with Gasteiger partial charge in [0.05, 0.1) is 0 Å². The molecule has 37 heavy (non-hydrogen) atoms. The molecule has 0 heterocycles. The predicted molar refractivity (Wildman–Crippen MR) is 150 cm³/mol. The minimum Gasteiger partial charge on any atom is -0.352 e. The highest BCUT2D eigenvalue weighted by atomic mass is 35.5. The molecule has 3 aromatic rings. The van der Waals surface area contributed by atoms with E-state index in [1.54, 1.807) is 4.90 Å². The average Bonchev–Trinajstić information content (AvgIpc) is 2.92. The van der Waals surface area contributed by atoms with Crippen LogP contribution < -0.4 is 5.32 Å². The molecule has 1 N–H and O–H groups in total. The summed E-state index contributed by atoms with van der Waals surface area (Å²) in [4.78, 5) is 29.5. The summed E-state index contributed by atoms with van der Waals surface area (Å²) in [6.07, 6.45) is 6.80. The Hall–Kier alpha value is -3.11. The van der Waals surface area contributed by atoms with Crippen LogP contribution >= 0.6 is 11.6 Å². The smallest absolute Gasteiger partial charge is 0.243 e. The Morgan fingerprint density at radius 1 is 0.892 bits per heavy atom. The normalized spacial score (nSPS) is 14.6. The van der Waals surface area contributed by atoms with Crippen LogP contribution in [-0.4, -0.2) is 28.8 Å². The van der Waals surface area contributed by atoms with Crippen molar-refractivity contribution < 1.29 is 9.59 Å². The van der Waals surface area contributed by atoms with Crippen LogP contribution in [0.2, 0.25) is 5.02 Å². The zero-order valence-electron chi connectivity index (χ0n) is 21.7. The largest absolute Gasteiger partial charge is 0.352 e. The predicted octanol–water partition coefficient (Wildman–Crippen LogP) is 6.67. The third kappa shape index (κ3) is 7.69. The third-order valence-electron chi connectivity index (χ3n) is 7.39. The lowest BCUT2D eigenvalue weighted by Gasteiger charge is -2.34. The molecular formula is C32H37ClN2O2. The lowest BCUT2D eigenvalue weighted by molar-refractivity contribution is -0.141. The zero-order chi connectivity index (χ0) is 26.0. The van der Waals surface area contributed by atoms with Crippen molar-refractivity contribution in [1.29, 1.82) is 0 Å². The van der Waals surface area contributed by atoms with Gasteiger partial charge in [0.15, 0.2) is 0 Å². The van der Waals surface area contributed by atoms with Crippen molar-refractivity contribution >= 4 is 23.4 Å². The number of hydrogen-bond donors (Lipinski definition) is 1. The molecule has 1 atom stereocenters. The number of rotatable bonds is 10. The van der Waals surface area contributed by atoms with Crippen molar-refractivity contribution in [1.82, 2.24) is 10.2 Å². The number of aryl methyl sites for hydroxylation is 2. The first-order valence-corrected chi connectivity index (χ1v) is 13.8. The number of benzene rings is 3. The molecule has 1 aliphatic rings. The van der Waals surface area contributed by atoms with E-state index in [0.717, 1.165) is 47.9 Å². The van der Waals surface area contributed by atoms with Gasteiger partial charge in [0.1, 0.15) is 6.04 Å². The molecule has 0 spiro atoms. The molecular weight excluding hydrogens is 480 g/mol. The van der Waals surface area contributed by atoms with Gasteiger partial charge >= 0.3 is 0 Å². The number of nitrogens with one attached hydrogen (secondary N) is 1. The summed E-state index contributed by atoms with van der Waals surface area (Å²) < 4.78 is 0. The van der Waals surface area contributed by atoms with Crippen LogP contribution in [0.15, 0.2) is 78.9 Å². The van der Waals surface area contributed by atoms with Crippen LogP contribution in [0.4, 0.5) is 0 Å². The van der Waals surface area contributed by atoms with Crippen LogP contribution in [0.5, 0.6) is 0 Å². The second-order valence-corrected chi connectivity index (χ2v) is 10.5. The Morgan fingerprint density at radius 3 is 2.24 bits per heavy atom. The fourth-order valence-electron chi connectivity index (χ4n) is 5.16. The van der Waals surface area contributed by atoms with Crippen molar-refractivity contribution in [2.75, 3.05) is 0 Å². The quantitative estimate of drug-likeness (QED) is 0.327. The van der Waals surface area contributed by atoms with E-state index >= 15 is 0 Å². The third-order valence-corrected chi connectivity index (χ3v) is 7.76. The molecule has 3 aromatic carbocycles. The number of amides is 2. The maximum atomic E-state index is 13.9. The highest BCUT2D eigenvalue weighted by Crippen LogP contribution is 2.22. The molecule has 1 fully saturated rings. The molecule has 4 nitrogen and oxygen atoms in total. The summed E-state index contributed by atoms with van der Waals surface area (Å²) >= 11 is 6.38. The lowest BCUT2D eigenvalue weighted by Crippen LogP contribution is -2.53. The maximum absolute atomic E-state index is 13.9. The average molecular weight is 517 g/mol. The zero-order valence-corrected chi connectivity index (χ0v) is 22.4. The summed E-state index contributed by atoms with van der Waals surface area (Å²) in [5.74, 6) is -0.0988. The van der Waals surface area contributed by atoms with Crippen molar-refractivity contribution in [3.05, 3.63) is 106 Å². The Labute approximate surface area is 226 Å². The van der Waals surface area contributed by atoms with Gasteiger partial charge in [0, 0.05) is 30.5 Å². The van der Waals surface area contributed by atoms with E-state index in [1.165, 1.54) is 6.42 Å². The van der Waals surface area contributed by atoms with Gasteiger partial charge in [-0.2, -0.15) is 0 Å². The van der Waals surface area contributed by atoms with E-state index in [9.17, 15) is 9.59 Å². The summed E-state index contributed by atoms with van der Waals surface area (Å²) in [7, 11) is 0. The minimum atomic E-state index is -0.595. The summed E-state index contributed by atoms with van der Waals surface area (Å²) in [6.45, 7) is 2.44. The molecule has 2 amide bonds. The molecule has 194 valence electrons. The second-order valence-electron chi connectivity index (χ2n) is 10.1. The van der Waals surface area contributed by atoms with Gasteiger partial charge in [-0.1, -0.05) is 104 Å². The number of carbonyl (C=O) groups is 2. The van der Waals surface area contributed by atoms with Crippen LogP contribution in [0, 0.1) is 6.92 Å². The van der Waals surface area contributed by atoms with Gasteiger partial charge in [0.2, 0.25) is 11.8 Å². The first-order chi connectivity index (χ1) is 18.0. The molecule has 0 bridgehead atoms. The summed E-state index contributed by atoms with van der Waals surface area (Å²) in [5, 5.41) is 3.97. The van der Waals surface area contributed by atoms with E-state index in [-0.39, 0.29) is 24.3 Å². The van der Waals surface area contributed by atoms with E-state index in [2.05, 4.69) is 18.3 Å². The van der Waals surface area contributed by atoms with Crippen LogP contribution in [0.25, 0.3) is 0 Å². The molecule has 0 saturated heterocycles. The molecule has 4 rings (SSSR count). The van der Waals surface area contributed by atoms with E-state index < -0.39 is 6.04 Å². The van der Waals surface area contributed by atoms with Crippen molar-refractivity contribution in [3.8, 4) is 0 Å². The molecule has 0 aromatic heterocycles. The van der Waals surface area contributed by atoms with Gasteiger partial charge < -0.3 is 10.2 Å². The first kappa shape index (κ1) is 26.9. The highest BCUT2D eigenvalue weighted by Gasteiger charge is 2.32. The maximum Gasteiger partial charge on any atom is 0.243 e. The topological polar surface area (TPSA) is 49.4 Å². The van der Waals surface area contributed by atoms with Gasteiger partial charge in [0.25, 0.3) is 0 Å². The fraction of sp³-hybridized carbons (Fsp3) is 0.375. The number of carbonyl (C=O) groups excluding carboxylic acids is 2.